The summed E-state index contributed by atoms with van der Waals surface area (Å²) in [7, 11) is 0. The van der Waals surface area contributed by atoms with E-state index < -0.39 is 0 Å². The van der Waals surface area contributed by atoms with E-state index in [9.17, 15) is 0 Å². The zero-order chi connectivity index (χ0) is 14.2. The minimum Gasteiger partial charge on any atom is -0.396 e. The Labute approximate surface area is 112 Å². The van der Waals surface area contributed by atoms with E-state index in [4.69, 9.17) is 14.6 Å². The maximum atomic E-state index is 8.92. The summed E-state index contributed by atoms with van der Waals surface area (Å²) in [5.41, 5.74) is 0.707. The Balaban J connectivity index is 3.85. The van der Waals surface area contributed by atoms with Crippen LogP contribution in [0.2, 0.25) is 0 Å². The molecule has 0 unspecified atom stereocenters. The molecule has 0 rings (SSSR count). The standard InChI is InChI=1S/C15H30O3/c1-13(2)7-11-17-15(5,6)9-12-18-14(3,4)8-10-16/h16H,1,7-12H2,2-6H3. The second-order valence-electron chi connectivity index (χ2n) is 6.15. The highest BCUT2D eigenvalue weighted by Crippen LogP contribution is 2.19. The van der Waals surface area contributed by atoms with Gasteiger partial charge in [0.05, 0.1) is 24.4 Å². The van der Waals surface area contributed by atoms with E-state index >= 15 is 0 Å². The van der Waals surface area contributed by atoms with Crippen molar-refractivity contribution in [3.05, 3.63) is 12.2 Å². The molecule has 0 bridgehead atoms. The van der Waals surface area contributed by atoms with Crippen LogP contribution in [-0.4, -0.2) is 36.1 Å². The molecule has 0 spiro atoms. The van der Waals surface area contributed by atoms with Gasteiger partial charge in [0.2, 0.25) is 0 Å². The summed E-state index contributed by atoms with van der Waals surface area (Å²) in [5.74, 6) is 0. The van der Waals surface area contributed by atoms with Crippen LogP contribution < -0.4 is 0 Å². The zero-order valence-corrected chi connectivity index (χ0v) is 12.7. The monoisotopic (exact) mass is 258 g/mol. The second kappa shape index (κ2) is 7.93. The Bertz CT molecular complexity index is 244. The molecule has 0 aromatic heterocycles. The summed E-state index contributed by atoms with van der Waals surface area (Å²) < 4.78 is 11.6. The Morgan fingerprint density at radius 3 is 2.00 bits per heavy atom. The smallest absolute Gasteiger partial charge is 0.0648 e. The average molecular weight is 258 g/mol. The van der Waals surface area contributed by atoms with E-state index in [0.29, 0.717) is 19.6 Å². The molecule has 108 valence electrons. The number of aliphatic hydroxyl groups is 1. The molecule has 0 aromatic carbocycles. The lowest BCUT2D eigenvalue weighted by Crippen LogP contribution is -2.31. The highest BCUT2D eigenvalue weighted by Gasteiger charge is 2.22. The molecule has 0 amide bonds. The summed E-state index contributed by atoms with van der Waals surface area (Å²) in [6, 6.07) is 0. The van der Waals surface area contributed by atoms with E-state index in [-0.39, 0.29) is 17.8 Å². The van der Waals surface area contributed by atoms with Crippen molar-refractivity contribution in [2.75, 3.05) is 19.8 Å². The summed E-state index contributed by atoms with van der Waals surface area (Å²) in [4.78, 5) is 0. The van der Waals surface area contributed by atoms with Crippen LogP contribution in [0.1, 0.15) is 53.9 Å². The normalized spacial score (nSPS) is 12.8. The molecule has 0 saturated carbocycles. The third kappa shape index (κ3) is 9.63. The van der Waals surface area contributed by atoms with E-state index in [1.807, 2.05) is 20.8 Å². The topological polar surface area (TPSA) is 38.7 Å². The summed E-state index contributed by atoms with van der Waals surface area (Å²) in [6.45, 7) is 15.5. The van der Waals surface area contributed by atoms with Gasteiger partial charge >= 0.3 is 0 Å². The molecule has 18 heavy (non-hydrogen) atoms. The number of aliphatic hydroxyl groups excluding tert-OH is 1. The molecule has 0 heterocycles. The fourth-order valence-electron chi connectivity index (χ4n) is 1.49. The first-order chi connectivity index (χ1) is 8.18. The third-order valence-corrected chi connectivity index (χ3v) is 2.93. The maximum Gasteiger partial charge on any atom is 0.0648 e. The highest BCUT2D eigenvalue weighted by atomic mass is 16.5. The Morgan fingerprint density at radius 2 is 1.50 bits per heavy atom. The molecule has 3 heteroatoms. The molecular formula is C15H30O3. The predicted molar refractivity (Wildman–Crippen MR) is 75.8 cm³/mol. The minimum atomic E-state index is -0.261. The van der Waals surface area contributed by atoms with Gasteiger partial charge in [0.15, 0.2) is 0 Å². The van der Waals surface area contributed by atoms with Crippen molar-refractivity contribution in [1.82, 2.24) is 0 Å². The van der Waals surface area contributed by atoms with Crippen molar-refractivity contribution in [2.45, 2.75) is 65.1 Å². The zero-order valence-electron chi connectivity index (χ0n) is 12.7. The molecule has 0 atom stereocenters. The fourth-order valence-corrected chi connectivity index (χ4v) is 1.49. The first-order valence-electron chi connectivity index (χ1n) is 6.72. The Kier molecular flexibility index (Phi) is 7.76. The molecular weight excluding hydrogens is 228 g/mol. The molecule has 1 N–H and O–H groups in total. The Hall–Kier alpha value is -0.380. The predicted octanol–water partition coefficient (Wildman–Crippen LogP) is 3.32. The summed E-state index contributed by atoms with van der Waals surface area (Å²) >= 11 is 0. The van der Waals surface area contributed by atoms with Crippen LogP contribution in [0.5, 0.6) is 0 Å². The number of hydrogen-bond acceptors (Lipinski definition) is 3. The highest BCUT2D eigenvalue weighted by molar-refractivity contribution is 4.87. The van der Waals surface area contributed by atoms with Crippen LogP contribution in [0.4, 0.5) is 0 Å². The lowest BCUT2D eigenvalue weighted by molar-refractivity contribution is -0.0769. The van der Waals surface area contributed by atoms with E-state index in [2.05, 4.69) is 20.4 Å². The summed E-state index contributed by atoms with van der Waals surface area (Å²) in [5, 5.41) is 8.92. The largest absolute Gasteiger partial charge is 0.396 e. The van der Waals surface area contributed by atoms with Gasteiger partial charge < -0.3 is 14.6 Å². The van der Waals surface area contributed by atoms with Crippen LogP contribution in [0.25, 0.3) is 0 Å². The van der Waals surface area contributed by atoms with Crippen molar-refractivity contribution in [3.63, 3.8) is 0 Å². The lowest BCUT2D eigenvalue weighted by Gasteiger charge is -2.29. The van der Waals surface area contributed by atoms with E-state index in [0.717, 1.165) is 18.4 Å². The minimum absolute atomic E-state index is 0.158. The molecule has 0 saturated heterocycles. The SMILES string of the molecule is C=C(C)CCOC(C)(C)CCOC(C)(C)CCO. The second-order valence-corrected chi connectivity index (χ2v) is 6.15. The maximum absolute atomic E-state index is 8.92. The van der Waals surface area contributed by atoms with Gasteiger partial charge in [-0.05, 0) is 53.9 Å². The Morgan fingerprint density at radius 1 is 1.00 bits per heavy atom. The van der Waals surface area contributed by atoms with Gasteiger partial charge in [-0.25, -0.2) is 0 Å². The van der Waals surface area contributed by atoms with Crippen molar-refractivity contribution in [2.24, 2.45) is 0 Å². The van der Waals surface area contributed by atoms with Gasteiger partial charge in [-0.1, -0.05) is 5.57 Å². The van der Waals surface area contributed by atoms with Gasteiger partial charge in [0, 0.05) is 6.61 Å². The van der Waals surface area contributed by atoms with Crippen molar-refractivity contribution < 1.29 is 14.6 Å². The van der Waals surface area contributed by atoms with Crippen molar-refractivity contribution >= 4 is 0 Å². The van der Waals surface area contributed by atoms with Gasteiger partial charge in [0.1, 0.15) is 0 Å². The van der Waals surface area contributed by atoms with Crippen LogP contribution >= 0.6 is 0 Å². The molecule has 0 aromatic rings. The van der Waals surface area contributed by atoms with E-state index in [1.54, 1.807) is 0 Å². The molecule has 0 radical (unpaired) electrons. The van der Waals surface area contributed by atoms with Crippen molar-refractivity contribution in [3.8, 4) is 0 Å². The molecule has 0 fully saturated rings. The van der Waals surface area contributed by atoms with Gasteiger partial charge in [-0.2, -0.15) is 0 Å². The summed E-state index contributed by atoms with van der Waals surface area (Å²) in [6.07, 6.45) is 2.41. The number of rotatable bonds is 10. The molecule has 3 nitrogen and oxygen atoms in total. The van der Waals surface area contributed by atoms with Crippen molar-refractivity contribution in [1.29, 1.82) is 0 Å². The quantitative estimate of drug-likeness (QED) is 0.611. The average Bonchev–Trinajstić information content (AvgIpc) is 2.15. The first-order valence-corrected chi connectivity index (χ1v) is 6.72. The van der Waals surface area contributed by atoms with Gasteiger partial charge in [-0.3, -0.25) is 0 Å². The molecule has 0 aliphatic carbocycles. The van der Waals surface area contributed by atoms with Gasteiger partial charge in [0.25, 0.3) is 0 Å². The first kappa shape index (κ1) is 17.6. The molecule has 0 aliphatic rings. The number of ether oxygens (including phenoxy) is 2. The third-order valence-electron chi connectivity index (χ3n) is 2.93. The van der Waals surface area contributed by atoms with Crippen LogP contribution in [-0.2, 0) is 9.47 Å². The lowest BCUT2D eigenvalue weighted by atomic mass is 10.0. The molecule has 0 aliphatic heterocycles. The van der Waals surface area contributed by atoms with E-state index in [1.165, 1.54) is 0 Å². The van der Waals surface area contributed by atoms with Crippen LogP contribution in [0.15, 0.2) is 12.2 Å². The fraction of sp³-hybridized carbons (Fsp3) is 0.867. The van der Waals surface area contributed by atoms with Crippen LogP contribution in [0, 0.1) is 0 Å². The number of hydrogen-bond donors (Lipinski definition) is 1. The van der Waals surface area contributed by atoms with Gasteiger partial charge in [-0.15, -0.1) is 6.58 Å². The van der Waals surface area contributed by atoms with Crippen LogP contribution in [0.3, 0.4) is 0 Å².